The molecule has 0 aliphatic heterocycles. The van der Waals surface area contributed by atoms with E-state index in [1.165, 1.54) is 21.3 Å². The number of hydrogen-bond donors (Lipinski definition) is 2. The molecular weight excluding hydrogens is 436 g/mol. The van der Waals surface area contributed by atoms with E-state index in [2.05, 4.69) is 10.6 Å². The van der Waals surface area contributed by atoms with Crippen LogP contribution in [-0.2, 0) is 20.9 Å². The number of hydrogen-bond acceptors (Lipinski definition) is 7. The van der Waals surface area contributed by atoms with Crippen LogP contribution in [-0.4, -0.2) is 46.4 Å². The fourth-order valence-corrected chi connectivity index (χ4v) is 3.74. The summed E-state index contributed by atoms with van der Waals surface area (Å²) in [6, 6.07) is 16.3. The fraction of sp³-hybridized carbons (Fsp3) is 0.308. The summed E-state index contributed by atoms with van der Waals surface area (Å²) < 4.78 is 21.3. The molecule has 0 heterocycles. The van der Waals surface area contributed by atoms with Gasteiger partial charge in [-0.05, 0) is 41.0 Å². The van der Waals surface area contributed by atoms with E-state index in [9.17, 15) is 9.59 Å². The molecule has 0 saturated heterocycles. The molecule has 0 aliphatic rings. The second kappa shape index (κ2) is 11.9. The van der Waals surface area contributed by atoms with Gasteiger partial charge in [0.1, 0.15) is 6.04 Å². The number of fused-ring (bicyclic) bond motifs is 1. The molecule has 1 atom stereocenters. The van der Waals surface area contributed by atoms with Crippen LogP contribution in [0.15, 0.2) is 54.6 Å². The van der Waals surface area contributed by atoms with Crippen LogP contribution in [0.1, 0.15) is 24.1 Å². The van der Waals surface area contributed by atoms with Crippen molar-refractivity contribution >= 4 is 22.6 Å². The monoisotopic (exact) mass is 466 g/mol. The highest BCUT2D eigenvalue weighted by atomic mass is 16.5. The van der Waals surface area contributed by atoms with Crippen LogP contribution in [0.4, 0.5) is 0 Å². The molecule has 0 saturated carbocycles. The molecule has 3 rings (SSSR count). The molecule has 0 bridgehead atoms. The lowest BCUT2D eigenvalue weighted by Gasteiger charge is -2.19. The van der Waals surface area contributed by atoms with Crippen LogP contribution in [0.3, 0.4) is 0 Å². The Bertz CT molecular complexity index is 1120. The zero-order chi connectivity index (χ0) is 24.5. The molecule has 8 heteroatoms. The van der Waals surface area contributed by atoms with Crippen molar-refractivity contribution in [3.63, 3.8) is 0 Å². The molecule has 3 aromatic carbocycles. The minimum absolute atomic E-state index is 0.0723. The van der Waals surface area contributed by atoms with Crippen molar-refractivity contribution < 1.29 is 28.5 Å². The Labute approximate surface area is 199 Å². The Morgan fingerprint density at radius 2 is 1.59 bits per heavy atom. The zero-order valence-corrected chi connectivity index (χ0v) is 19.8. The van der Waals surface area contributed by atoms with Gasteiger partial charge in [0.2, 0.25) is 11.7 Å². The molecule has 0 fully saturated rings. The Morgan fingerprint density at radius 3 is 2.24 bits per heavy atom. The number of methoxy groups -OCH3 is 3. The summed E-state index contributed by atoms with van der Waals surface area (Å²) >= 11 is 0. The van der Waals surface area contributed by atoms with Gasteiger partial charge in [-0.2, -0.15) is 0 Å². The number of esters is 1. The minimum atomic E-state index is -0.780. The summed E-state index contributed by atoms with van der Waals surface area (Å²) in [4.78, 5) is 25.3. The molecule has 34 heavy (non-hydrogen) atoms. The van der Waals surface area contributed by atoms with Crippen LogP contribution < -0.4 is 24.8 Å². The van der Waals surface area contributed by atoms with Crippen molar-refractivity contribution in [2.75, 3.05) is 34.5 Å². The Kier molecular flexibility index (Phi) is 8.70. The summed E-state index contributed by atoms with van der Waals surface area (Å²) in [7, 11) is 4.60. The predicted octanol–water partition coefficient (Wildman–Crippen LogP) is 3.38. The highest BCUT2D eigenvalue weighted by molar-refractivity contribution is 5.91. The van der Waals surface area contributed by atoms with Crippen LogP contribution >= 0.6 is 0 Å². The third-order valence-corrected chi connectivity index (χ3v) is 5.34. The van der Waals surface area contributed by atoms with Gasteiger partial charge >= 0.3 is 5.97 Å². The van der Waals surface area contributed by atoms with Crippen LogP contribution in [0.2, 0.25) is 0 Å². The molecule has 0 aromatic heterocycles. The largest absolute Gasteiger partial charge is 0.493 e. The summed E-state index contributed by atoms with van der Waals surface area (Å²) in [5.41, 5.74) is 1.54. The molecule has 0 aliphatic carbocycles. The van der Waals surface area contributed by atoms with Crippen LogP contribution in [0, 0.1) is 0 Å². The molecule has 180 valence electrons. The second-order valence-electron chi connectivity index (χ2n) is 7.44. The SMILES string of the molecule is CCOC(=O)[C@@H](NCC(=O)NCc1cc(OC)c(OC)c(OC)c1)c1cccc2ccccc12. The maximum Gasteiger partial charge on any atom is 0.327 e. The number of rotatable bonds is 11. The lowest BCUT2D eigenvalue weighted by atomic mass is 9.98. The van der Waals surface area contributed by atoms with Gasteiger partial charge in [0, 0.05) is 6.54 Å². The smallest absolute Gasteiger partial charge is 0.327 e. The van der Waals surface area contributed by atoms with Crippen molar-refractivity contribution in [1.82, 2.24) is 10.6 Å². The molecular formula is C26H30N2O6. The van der Waals surface area contributed by atoms with Crippen molar-refractivity contribution in [3.05, 3.63) is 65.7 Å². The number of amides is 1. The van der Waals surface area contributed by atoms with E-state index in [-0.39, 0.29) is 25.6 Å². The highest BCUT2D eigenvalue weighted by Gasteiger charge is 2.24. The standard InChI is InChI=1S/C26H30N2O6/c1-5-34-26(30)24(20-12-8-10-18-9-6-7-11-19(18)20)28-16-23(29)27-15-17-13-21(31-2)25(33-4)22(14-17)32-3/h6-14,24,28H,5,15-16H2,1-4H3,(H,27,29)/t24-/m0/s1. The van der Waals surface area contributed by atoms with Gasteiger partial charge in [0.05, 0.1) is 34.5 Å². The first-order valence-corrected chi connectivity index (χ1v) is 11.0. The lowest BCUT2D eigenvalue weighted by Crippen LogP contribution is -2.38. The molecule has 8 nitrogen and oxygen atoms in total. The quantitative estimate of drug-likeness (QED) is 0.418. The van der Waals surface area contributed by atoms with Gasteiger partial charge < -0.3 is 24.3 Å². The molecule has 3 aromatic rings. The van der Waals surface area contributed by atoms with Crippen molar-refractivity contribution in [1.29, 1.82) is 0 Å². The average molecular weight is 467 g/mol. The third-order valence-electron chi connectivity index (χ3n) is 5.34. The first-order chi connectivity index (χ1) is 16.5. The van der Waals surface area contributed by atoms with Gasteiger partial charge in [0.25, 0.3) is 0 Å². The van der Waals surface area contributed by atoms with Crippen molar-refractivity contribution in [2.45, 2.75) is 19.5 Å². The van der Waals surface area contributed by atoms with E-state index in [4.69, 9.17) is 18.9 Å². The highest BCUT2D eigenvalue weighted by Crippen LogP contribution is 2.38. The predicted molar refractivity (Wildman–Crippen MR) is 129 cm³/mol. The molecule has 0 unspecified atom stereocenters. The molecule has 0 spiro atoms. The van der Waals surface area contributed by atoms with E-state index in [0.29, 0.717) is 17.2 Å². The fourth-order valence-electron chi connectivity index (χ4n) is 3.74. The minimum Gasteiger partial charge on any atom is -0.493 e. The van der Waals surface area contributed by atoms with Gasteiger partial charge in [-0.1, -0.05) is 42.5 Å². The van der Waals surface area contributed by atoms with E-state index in [1.54, 1.807) is 19.1 Å². The molecule has 1 amide bonds. The summed E-state index contributed by atoms with van der Waals surface area (Å²) in [5.74, 6) is 0.777. The van der Waals surface area contributed by atoms with E-state index in [1.807, 2.05) is 42.5 Å². The maximum atomic E-state index is 12.7. The number of ether oxygens (including phenoxy) is 4. The zero-order valence-electron chi connectivity index (χ0n) is 19.8. The summed E-state index contributed by atoms with van der Waals surface area (Å²) in [6.07, 6.45) is 0. The first kappa shape index (κ1) is 24.9. The number of carbonyl (C=O) groups excluding carboxylic acids is 2. The third kappa shape index (κ3) is 5.77. The Balaban J connectivity index is 1.71. The summed E-state index contributed by atoms with van der Waals surface area (Å²) in [6.45, 7) is 2.17. The Morgan fingerprint density at radius 1 is 0.912 bits per heavy atom. The van der Waals surface area contributed by atoms with Crippen molar-refractivity contribution in [2.24, 2.45) is 0 Å². The molecule has 2 N–H and O–H groups in total. The topological polar surface area (TPSA) is 95.1 Å². The van der Waals surface area contributed by atoms with E-state index >= 15 is 0 Å². The second-order valence-corrected chi connectivity index (χ2v) is 7.44. The Hall–Kier alpha value is -3.78. The van der Waals surface area contributed by atoms with Gasteiger partial charge in [0.15, 0.2) is 11.5 Å². The number of nitrogens with one attached hydrogen (secondary N) is 2. The van der Waals surface area contributed by atoms with Crippen LogP contribution in [0.25, 0.3) is 10.8 Å². The van der Waals surface area contributed by atoms with E-state index in [0.717, 1.165) is 21.9 Å². The normalized spacial score (nSPS) is 11.5. The van der Waals surface area contributed by atoms with Gasteiger partial charge in [-0.15, -0.1) is 0 Å². The van der Waals surface area contributed by atoms with Gasteiger partial charge in [-0.25, -0.2) is 4.79 Å². The molecule has 0 radical (unpaired) electrons. The lowest BCUT2D eigenvalue weighted by molar-refractivity contribution is -0.145. The average Bonchev–Trinajstić information content (AvgIpc) is 2.87. The number of benzene rings is 3. The summed E-state index contributed by atoms with van der Waals surface area (Å²) in [5, 5.41) is 7.83. The first-order valence-electron chi connectivity index (χ1n) is 11.0. The number of carbonyl (C=O) groups is 2. The van der Waals surface area contributed by atoms with Crippen LogP contribution in [0.5, 0.6) is 17.2 Å². The van der Waals surface area contributed by atoms with Crippen molar-refractivity contribution in [3.8, 4) is 17.2 Å². The van der Waals surface area contributed by atoms with Gasteiger partial charge in [-0.3, -0.25) is 10.1 Å². The van der Waals surface area contributed by atoms with E-state index < -0.39 is 12.0 Å². The maximum absolute atomic E-state index is 12.7.